The number of aromatic hydroxyl groups is 1. The minimum Gasteiger partial charge on any atom is -0.505 e. The number of hydrogen-bond acceptors (Lipinski definition) is 1. The summed E-state index contributed by atoms with van der Waals surface area (Å²) in [6.07, 6.45) is 0. The molecule has 0 spiro atoms. The van der Waals surface area contributed by atoms with Gasteiger partial charge in [-0.15, -0.1) is 0 Å². The van der Waals surface area contributed by atoms with E-state index in [1.54, 1.807) is 6.07 Å². The van der Waals surface area contributed by atoms with Crippen LogP contribution in [0.2, 0.25) is 0 Å². The van der Waals surface area contributed by atoms with Crippen molar-refractivity contribution in [1.29, 1.82) is 0 Å². The van der Waals surface area contributed by atoms with Gasteiger partial charge in [0.15, 0.2) is 0 Å². The second-order valence-corrected chi connectivity index (χ2v) is 6.30. The Bertz CT molecular complexity index is 1030. The number of halogens is 1. The van der Waals surface area contributed by atoms with E-state index in [4.69, 9.17) is 0 Å². The van der Waals surface area contributed by atoms with Crippen LogP contribution in [-0.4, -0.2) is 9.67 Å². The van der Waals surface area contributed by atoms with Gasteiger partial charge in [-0.2, -0.15) is 0 Å². The number of hydrogen-bond donors (Lipinski definition) is 1. The van der Waals surface area contributed by atoms with Crippen LogP contribution in [-0.2, 0) is 6.54 Å². The Morgan fingerprint density at radius 2 is 1.64 bits per heavy atom. The third-order valence-electron chi connectivity index (χ3n) is 4.51. The van der Waals surface area contributed by atoms with Crippen LogP contribution in [0.15, 0.2) is 72.8 Å². The molecule has 0 amide bonds. The largest absolute Gasteiger partial charge is 0.505 e. The van der Waals surface area contributed by atoms with Crippen molar-refractivity contribution in [3.05, 3.63) is 89.7 Å². The molecular weight excluding hydrogens is 313 g/mol. The van der Waals surface area contributed by atoms with E-state index in [-0.39, 0.29) is 11.6 Å². The van der Waals surface area contributed by atoms with Gasteiger partial charge in [-0.3, -0.25) is 0 Å². The molecule has 0 aliphatic carbocycles. The predicted octanol–water partition coefficient (Wildman–Crippen LogP) is 5.51. The van der Waals surface area contributed by atoms with Gasteiger partial charge in [0.2, 0.25) is 0 Å². The van der Waals surface area contributed by atoms with Crippen molar-refractivity contribution in [1.82, 2.24) is 4.57 Å². The molecule has 0 aliphatic heterocycles. The van der Waals surface area contributed by atoms with Gasteiger partial charge in [-0.1, -0.05) is 60.2 Å². The number of nitrogens with zero attached hydrogens (tertiary/aromatic N) is 1. The molecule has 4 aromatic rings. The van der Waals surface area contributed by atoms with E-state index in [0.717, 1.165) is 16.6 Å². The molecule has 0 saturated carbocycles. The highest BCUT2D eigenvalue weighted by Gasteiger charge is 2.18. The Morgan fingerprint density at radius 3 is 2.36 bits per heavy atom. The summed E-state index contributed by atoms with van der Waals surface area (Å²) in [5.41, 5.74) is 4.77. The zero-order valence-corrected chi connectivity index (χ0v) is 13.9. The summed E-state index contributed by atoms with van der Waals surface area (Å²) in [7, 11) is 0. The lowest BCUT2D eigenvalue weighted by Gasteiger charge is -2.12. The first kappa shape index (κ1) is 15.5. The van der Waals surface area contributed by atoms with Crippen molar-refractivity contribution < 1.29 is 9.50 Å². The van der Waals surface area contributed by atoms with E-state index in [0.29, 0.717) is 17.6 Å². The molecule has 1 heterocycles. The smallest absolute Gasteiger partial charge is 0.149 e. The van der Waals surface area contributed by atoms with Crippen molar-refractivity contribution in [3.63, 3.8) is 0 Å². The molecule has 0 atom stereocenters. The first-order chi connectivity index (χ1) is 12.1. The number of aryl methyl sites for hydroxylation is 1. The molecule has 25 heavy (non-hydrogen) atoms. The summed E-state index contributed by atoms with van der Waals surface area (Å²) in [4.78, 5) is 0. The minimum absolute atomic E-state index is 0.118. The minimum atomic E-state index is -0.352. The maximum atomic E-state index is 13.7. The summed E-state index contributed by atoms with van der Waals surface area (Å²) < 4.78 is 15.8. The summed E-state index contributed by atoms with van der Waals surface area (Å²) in [6, 6.07) is 22.6. The van der Waals surface area contributed by atoms with Crippen LogP contribution >= 0.6 is 0 Å². The Kier molecular flexibility index (Phi) is 3.77. The zero-order valence-electron chi connectivity index (χ0n) is 13.9. The Hall–Kier alpha value is -3.07. The van der Waals surface area contributed by atoms with E-state index in [2.05, 4.69) is 31.2 Å². The third kappa shape index (κ3) is 2.78. The van der Waals surface area contributed by atoms with Crippen LogP contribution < -0.4 is 0 Å². The molecule has 0 aliphatic rings. The average molecular weight is 331 g/mol. The first-order valence-corrected chi connectivity index (χ1v) is 8.25. The number of benzene rings is 3. The van der Waals surface area contributed by atoms with E-state index < -0.39 is 0 Å². The van der Waals surface area contributed by atoms with Crippen LogP contribution in [0.4, 0.5) is 4.39 Å². The average Bonchev–Trinajstić information content (AvgIpc) is 2.89. The van der Waals surface area contributed by atoms with E-state index in [1.165, 1.54) is 17.7 Å². The first-order valence-electron chi connectivity index (χ1n) is 8.25. The molecule has 0 fully saturated rings. The highest BCUT2D eigenvalue weighted by Crippen LogP contribution is 2.39. The van der Waals surface area contributed by atoms with Crippen LogP contribution in [0, 0.1) is 12.7 Å². The molecular formula is C22H18FNO. The third-order valence-corrected chi connectivity index (χ3v) is 4.51. The van der Waals surface area contributed by atoms with E-state index in [1.807, 2.05) is 34.9 Å². The molecule has 1 N–H and O–H groups in total. The maximum Gasteiger partial charge on any atom is 0.149 e. The number of fused-ring (bicyclic) bond motifs is 1. The van der Waals surface area contributed by atoms with Gasteiger partial charge in [0.05, 0.1) is 11.2 Å². The van der Waals surface area contributed by atoms with Crippen LogP contribution in [0.1, 0.15) is 11.1 Å². The van der Waals surface area contributed by atoms with Crippen molar-refractivity contribution in [3.8, 4) is 17.0 Å². The lowest BCUT2D eigenvalue weighted by atomic mass is 10.1. The van der Waals surface area contributed by atoms with Gasteiger partial charge >= 0.3 is 0 Å². The fraction of sp³-hybridized carbons (Fsp3) is 0.0909. The van der Waals surface area contributed by atoms with Crippen molar-refractivity contribution in [2.75, 3.05) is 0 Å². The molecule has 0 bridgehead atoms. The molecule has 124 valence electrons. The van der Waals surface area contributed by atoms with E-state index >= 15 is 0 Å². The lowest BCUT2D eigenvalue weighted by Crippen LogP contribution is -2.01. The highest BCUT2D eigenvalue weighted by molar-refractivity contribution is 5.95. The predicted molar refractivity (Wildman–Crippen MR) is 99.3 cm³/mol. The Morgan fingerprint density at radius 1 is 0.920 bits per heavy atom. The highest BCUT2D eigenvalue weighted by atomic mass is 19.1. The normalized spacial score (nSPS) is 11.1. The van der Waals surface area contributed by atoms with Gasteiger partial charge in [0.25, 0.3) is 0 Å². The zero-order chi connectivity index (χ0) is 17.4. The molecule has 2 nitrogen and oxygen atoms in total. The lowest BCUT2D eigenvalue weighted by molar-refractivity contribution is 0.481. The second-order valence-electron chi connectivity index (χ2n) is 6.30. The van der Waals surface area contributed by atoms with Crippen LogP contribution in [0.5, 0.6) is 5.75 Å². The summed E-state index contributed by atoms with van der Waals surface area (Å²) in [5, 5.41) is 11.3. The monoisotopic (exact) mass is 331 g/mol. The van der Waals surface area contributed by atoms with Crippen molar-refractivity contribution in [2.45, 2.75) is 13.5 Å². The fourth-order valence-corrected chi connectivity index (χ4v) is 3.24. The molecule has 3 heteroatoms. The standard InChI is InChI=1S/C22H18FNO/c1-15-7-9-16(10-8-15)14-24-20-12-11-18(23)13-19(20)22(25)21(24)17-5-3-2-4-6-17/h2-13,25H,14H2,1H3. The molecule has 1 aromatic heterocycles. The van der Waals surface area contributed by atoms with Crippen LogP contribution in [0.25, 0.3) is 22.2 Å². The second kappa shape index (κ2) is 6.10. The van der Waals surface area contributed by atoms with Crippen LogP contribution in [0.3, 0.4) is 0 Å². The number of aromatic nitrogens is 1. The Labute approximate surface area is 145 Å². The summed E-state index contributed by atoms with van der Waals surface area (Å²) in [5.74, 6) is -0.234. The van der Waals surface area contributed by atoms with E-state index in [9.17, 15) is 9.50 Å². The van der Waals surface area contributed by atoms with Gasteiger partial charge < -0.3 is 9.67 Å². The van der Waals surface area contributed by atoms with Crippen molar-refractivity contribution >= 4 is 10.9 Å². The molecule has 4 rings (SSSR count). The molecule has 3 aromatic carbocycles. The topological polar surface area (TPSA) is 25.2 Å². The molecule has 0 radical (unpaired) electrons. The number of rotatable bonds is 3. The van der Waals surface area contributed by atoms with Crippen molar-refractivity contribution in [2.24, 2.45) is 0 Å². The quantitative estimate of drug-likeness (QED) is 0.526. The molecule has 0 unspecified atom stereocenters. The van der Waals surface area contributed by atoms with Gasteiger partial charge in [-0.05, 0) is 30.7 Å². The fourth-order valence-electron chi connectivity index (χ4n) is 3.24. The van der Waals surface area contributed by atoms with Gasteiger partial charge in [-0.25, -0.2) is 4.39 Å². The van der Waals surface area contributed by atoms with Gasteiger partial charge in [0.1, 0.15) is 11.6 Å². The molecule has 0 saturated heterocycles. The Balaban J connectivity index is 1.95. The summed E-state index contributed by atoms with van der Waals surface area (Å²) >= 11 is 0. The SMILES string of the molecule is Cc1ccc(Cn2c(-c3ccccc3)c(O)c3cc(F)ccc32)cc1. The van der Waals surface area contributed by atoms with Gasteiger partial charge in [0, 0.05) is 17.5 Å². The maximum absolute atomic E-state index is 13.7. The summed E-state index contributed by atoms with van der Waals surface area (Å²) in [6.45, 7) is 2.66.